The van der Waals surface area contributed by atoms with Gasteiger partial charge in [-0.25, -0.2) is 0 Å². The molecule has 66 valence electrons. The Balaban J connectivity index is 3.42. The van der Waals surface area contributed by atoms with Crippen molar-refractivity contribution in [3.63, 3.8) is 0 Å². The maximum atomic E-state index is 10.9. The highest BCUT2D eigenvalue weighted by atomic mass is 16.1. The molecule has 0 atom stereocenters. The van der Waals surface area contributed by atoms with Crippen LogP contribution in [0.5, 0.6) is 0 Å². The quantitative estimate of drug-likeness (QED) is 0.585. The van der Waals surface area contributed by atoms with Gasteiger partial charge in [0.25, 0.3) is 0 Å². The van der Waals surface area contributed by atoms with Crippen molar-refractivity contribution in [2.75, 3.05) is 19.6 Å². The van der Waals surface area contributed by atoms with Crippen molar-refractivity contribution >= 4 is 5.78 Å². The molecule has 0 radical (unpaired) electrons. The molecule has 0 aromatic carbocycles. The molecule has 2 nitrogen and oxygen atoms in total. The number of Topliss-reactive ketones (excluding diaryl/α,β-unsaturated/α-hetero) is 1. The summed E-state index contributed by atoms with van der Waals surface area (Å²) in [5.41, 5.74) is 0. The molecule has 11 heavy (non-hydrogen) atoms. The van der Waals surface area contributed by atoms with E-state index in [0.717, 1.165) is 26.1 Å². The normalized spacial score (nSPS) is 10.5. The molecule has 0 aliphatic rings. The van der Waals surface area contributed by atoms with E-state index in [-0.39, 0.29) is 0 Å². The highest BCUT2D eigenvalue weighted by Gasteiger charge is 2.02. The minimum absolute atomic E-state index is 0.372. The Morgan fingerprint density at radius 2 is 1.73 bits per heavy atom. The Morgan fingerprint density at radius 1 is 1.18 bits per heavy atom. The van der Waals surface area contributed by atoms with Crippen molar-refractivity contribution in [1.29, 1.82) is 0 Å². The predicted octanol–water partition coefficient (Wildman–Crippen LogP) is 1.70. The molecule has 0 fully saturated rings. The van der Waals surface area contributed by atoms with E-state index in [2.05, 4.69) is 18.7 Å². The number of carbonyl (C=O) groups excluding carboxylic acids is 1. The van der Waals surface area contributed by atoms with Crippen LogP contribution < -0.4 is 0 Å². The van der Waals surface area contributed by atoms with Crippen LogP contribution in [-0.4, -0.2) is 30.3 Å². The molecule has 0 aliphatic carbocycles. The number of rotatable bonds is 6. The SMILES string of the molecule is CCC(=O)CCN(CC)CC. The van der Waals surface area contributed by atoms with E-state index in [9.17, 15) is 4.79 Å². The van der Waals surface area contributed by atoms with Crippen molar-refractivity contribution in [1.82, 2.24) is 4.90 Å². The topological polar surface area (TPSA) is 20.3 Å². The third kappa shape index (κ3) is 4.96. The van der Waals surface area contributed by atoms with Crippen LogP contribution in [0.1, 0.15) is 33.6 Å². The number of hydrogen-bond donors (Lipinski definition) is 0. The predicted molar refractivity (Wildman–Crippen MR) is 47.7 cm³/mol. The fourth-order valence-corrected chi connectivity index (χ4v) is 0.999. The van der Waals surface area contributed by atoms with Crippen molar-refractivity contribution in [3.05, 3.63) is 0 Å². The number of nitrogens with zero attached hydrogens (tertiary/aromatic N) is 1. The van der Waals surface area contributed by atoms with Gasteiger partial charge in [0.05, 0.1) is 0 Å². The van der Waals surface area contributed by atoms with Gasteiger partial charge < -0.3 is 4.90 Å². The van der Waals surface area contributed by atoms with Gasteiger partial charge in [0.2, 0.25) is 0 Å². The van der Waals surface area contributed by atoms with Crippen LogP contribution in [0.4, 0.5) is 0 Å². The van der Waals surface area contributed by atoms with E-state index >= 15 is 0 Å². The second-order valence-corrected chi connectivity index (χ2v) is 2.67. The lowest BCUT2D eigenvalue weighted by atomic mass is 10.2. The van der Waals surface area contributed by atoms with Gasteiger partial charge >= 0.3 is 0 Å². The zero-order valence-electron chi connectivity index (χ0n) is 7.89. The van der Waals surface area contributed by atoms with E-state index in [1.54, 1.807) is 0 Å². The van der Waals surface area contributed by atoms with Crippen LogP contribution in [0.3, 0.4) is 0 Å². The Bertz CT molecular complexity index is 108. The van der Waals surface area contributed by atoms with Gasteiger partial charge in [0.15, 0.2) is 0 Å². The third-order valence-corrected chi connectivity index (χ3v) is 2.00. The smallest absolute Gasteiger partial charge is 0.133 e. The minimum Gasteiger partial charge on any atom is -0.303 e. The first kappa shape index (κ1) is 10.6. The molecule has 0 rings (SSSR count). The highest BCUT2D eigenvalue weighted by molar-refractivity contribution is 5.78. The molecule has 0 unspecified atom stereocenters. The van der Waals surface area contributed by atoms with E-state index in [4.69, 9.17) is 0 Å². The van der Waals surface area contributed by atoms with Gasteiger partial charge in [-0.3, -0.25) is 4.79 Å². The first-order valence-electron chi connectivity index (χ1n) is 4.48. The number of hydrogen-bond acceptors (Lipinski definition) is 2. The van der Waals surface area contributed by atoms with E-state index in [0.29, 0.717) is 12.2 Å². The lowest BCUT2D eigenvalue weighted by Gasteiger charge is -2.16. The second-order valence-electron chi connectivity index (χ2n) is 2.67. The summed E-state index contributed by atoms with van der Waals surface area (Å²) in [5.74, 6) is 0.372. The molecule has 0 spiro atoms. The molecular weight excluding hydrogens is 138 g/mol. The zero-order chi connectivity index (χ0) is 8.69. The summed E-state index contributed by atoms with van der Waals surface area (Å²) in [7, 11) is 0. The average molecular weight is 157 g/mol. The largest absolute Gasteiger partial charge is 0.303 e. The maximum Gasteiger partial charge on any atom is 0.133 e. The standard InChI is InChI=1S/C9H19NO/c1-4-9(11)7-8-10(5-2)6-3/h4-8H2,1-3H3. The van der Waals surface area contributed by atoms with Crippen LogP contribution in [0, 0.1) is 0 Å². The van der Waals surface area contributed by atoms with Crippen LogP contribution in [0.2, 0.25) is 0 Å². The molecule has 0 amide bonds. The van der Waals surface area contributed by atoms with Crippen LogP contribution in [-0.2, 0) is 4.79 Å². The van der Waals surface area contributed by atoms with Crippen molar-refractivity contribution in [3.8, 4) is 0 Å². The molecule has 0 saturated carbocycles. The summed E-state index contributed by atoms with van der Waals surface area (Å²) in [6.07, 6.45) is 1.40. The third-order valence-electron chi connectivity index (χ3n) is 2.00. The van der Waals surface area contributed by atoms with Crippen LogP contribution in [0.25, 0.3) is 0 Å². The van der Waals surface area contributed by atoms with Gasteiger partial charge in [-0.1, -0.05) is 20.8 Å². The molecule has 0 aromatic rings. The summed E-state index contributed by atoms with van der Waals surface area (Å²) >= 11 is 0. The molecular formula is C9H19NO. The lowest BCUT2D eigenvalue weighted by Crippen LogP contribution is -2.25. The minimum atomic E-state index is 0.372. The molecule has 0 N–H and O–H groups in total. The average Bonchev–Trinajstić information content (AvgIpc) is 2.06. The fourth-order valence-electron chi connectivity index (χ4n) is 0.999. The van der Waals surface area contributed by atoms with Gasteiger partial charge in [-0.2, -0.15) is 0 Å². The lowest BCUT2D eigenvalue weighted by molar-refractivity contribution is -0.119. The molecule has 0 aromatic heterocycles. The summed E-state index contributed by atoms with van der Waals surface area (Å²) in [4.78, 5) is 13.2. The molecule has 2 heteroatoms. The van der Waals surface area contributed by atoms with Crippen molar-refractivity contribution in [2.24, 2.45) is 0 Å². The van der Waals surface area contributed by atoms with Crippen LogP contribution in [0.15, 0.2) is 0 Å². The summed E-state index contributed by atoms with van der Waals surface area (Å²) in [5, 5.41) is 0. The van der Waals surface area contributed by atoms with E-state index < -0.39 is 0 Å². The van der Waals surface area contributed by atoms with Gasteiger partial charge in [0, 0.05) is 19.4 Å². The molecule has 0 heterocycles. The zero-order valence-corrected chi connectivity index (χ0v) is 7.89. The Hall–Kier alpha value is -0.370. The molecule has 0 saturated heterocycles. The number of ketones is 1. The molecule has 0 bridgehead atoms. The highest BCUT2D eigenvalue weighted by Crippen LogP contribution is 1.93. The van der Waals surface area contributed by atoms with E-state index in [1.165, 1.54) is 0 Å². The van der Waals surface area contributed by atoms with Gasteiger partial charge in [-0.05, 0) is 13.1 Å². The Labute approximate surface area is 69.6 Å². The Morgan fingerprint density at radius 3 is 2.09 bits per heavy atom. The molecule has 0 aliphatic heterocycles. The van der Waals surface area contributed by atoms with E-state index in [1.807, 2.05) is 6.92 Å². The monoisotopic (exact) mass is 157 g/mol. The maximum absolute atomic E-state index is 10.9. The Kier molecular flexibility index (Phi) is 6.13. The summed E-state index contributed by atoms with van der Waals surface area (Å²) in [6.45, 7) is 9.20. The van der Waals surface area contributed by atoms with Gasteiger partial charge in [-0.15, -0.1) is 0 Å². The first-order chi connectivity index (χ1) is 5.24. The second kappa shape index (κ2) is 6.35. The van der Waals surface area contributed by atoms with Crippen molar-refractivity contribution in [2.45, 2.75) is 33.6 Å². The van der Waals surface area contributed by atoms with Crippen molar-refractivity contribution < 1.29 is 4.79 Å². The summed E-state index contributed by atoms with van der Waals surface area (Å²) in [6, 6.07) is 0. The van der Waals surface area contributed by atoms with Gasteiger partial charge in [0.1, 0.15) is 5.78 Å². The number of carbonyl (C=O) groups is 1. The fraction of sp³-hybridized carbons (Fsp3) is 0.889. The first-order valence-corrected chi connectivity index (χ1v) is 4.48. The summed E-state index contributed by atoms with van der Waals surface area (Å²) < 4.78 is 0. The van der Waals surface area contributed by atoms with Crippen LogP contribution >= 0.6 is 0 Å².